The molecule has 3 aromatic carbocycles. The van der Waals surface area contributed by atoms with E-state index in [0.717, 1.165) is 21.9 Å². The lowest BCUT2D eigenvalue weighted by Crippen LogP contribution is -2.25. The van der Waals surface area contributed by atoms with E-state index < -0.39 is 28.6 Å². The molecule has 0 radical (unpaired) electrons. The molecule has 0 fully saturated rings. The number of nitrogens with one attached hydrogen (secondary N) is 1. The van der Waals surface area contributed by atoms with Crippen molar-refractivity contribution < 1.29 is 14.3 Å². The zero-order valence-electron chi connectivity index (χ0n) is 18.3. The molecule has 7 nitrogen and oxygen atoms in total. The number of aliphatic hydroxyl groups is 1. The lowest BCUT2D eigenvalue weighted by Gasteiger charge is -2.14. The summed E-state index contributed by atoms with van der Waals surface area (Å²) in [6, 6.07) is 23.3. The van der Waals surface area contributed by atoms with Crippen molar-refractivity contribution in [1.82, 2.24) is 14.9 Å². The van der Waals surface area contributed by atoms with Gasteiger partial charge in [0.05, 0.1) is 22.3 Å². The Morgan fingerprint density at radius 1 is 1.06 bits per heavy atom. The largest absolute Gasteiger partial charge is 0.510 e. The van der Waals surface area contributed by atoms with E-state index in [9.17, 15) is 24.3 Å². The van der Waals surface area contributed by atoms with Gasteiger partial charge in [0.25, 0.3) is 11.5 Å². The van der Waals surface area contributed by atoms with E-state index in [1.807, 2.05) is 30.3 Å². The van der Waals surface area contributed by atoms with Crippen LogP contribution < -0.4 is 10.9 Å². The molecular formula is C26H19FN4O3S. The molecule has 0 spiro atoms. The number of benzene rings is 3. The van der Waals surface area contributed by atoms with Crippen LogP contribution in [0.4, 0.5) is 4.39 Å². The number of para-hydroxylation sites is 2. The molecule has 0 aliphatic heterocycles. The van der Waals surface area contributed by atoms with Gasteiger partial charge in [0.1, 0.15) is 17.6 Å². The SMILES string of the molecule is N#C/C(C(=O)NCc1ccccc1)=C(/O)CSc1nc2ccccc2c(=O)n1-c1ccccc1F. The molecule has 0 aliphatic carbocycles. The van der Waals surface area contributed by atoms with E-state index >= 15 is 0 Å². The lowest BCUT2D eigenvalue weighted by molar-refractivity contribution is -0.117. The number of rotatable bonds is 7. The summed E-state index contributed by atoms with van der Waals surface area (Å²) in [6.45, 7) is 0.185. The topological polar surface area (TPSA) is 108 Å². The minimum absolute atomic E-state index is 0.00262. The second-order valence-corrected chi connectivity index (χ2v) is 8.34. The zero-order valence-corrected chi connectivity index (χ0v) is 19.1. The van der Waals surface area contributed by atoms with Crippen molar-refractivity contribution in [1.29, 1.82) is 5.26 Å². The highest BCUT2D eigenvalue weighted by atomic mass is 32.2. The Balaban J connectivity index is 1.64. The van der Waals surface area contributed by atoms with Crippen LogP contribution in [0.3, 0.4) is 0 Å². The molecule has 0 saturated heterocycles. The van der Waals surface area contributed by atoms with E-state index in [2.05, 4.69) is 10.3 Å². The van der Waals surface area contributed by atoms with Crippen LogP contribution in [0, 0.1) is 17.1 Å². The molecule has 1 heterocycles. The third-order valence-electron chi connectivity index (χ3n) is 5.10. The summed E-state index contributed by atoms with van der Waals surface area (Å²) >= 11 is 0.909. The molecule has 4 rings (SSSR count). The van der Waals surface area contributed by atoms with Crippen LogP contribution in [-0.2, 0) is 11.3 Å². The van der Waals surface area contributed by atoms with Crippen LogP contribution in [0.15, 0.2) is 100 Å². The van der Waals surface area contributed by atoms with Gasteiger partial charge in [-0.1, -0.05) is 66.4 Å². The van der Waals surface area contributed by atoms with E-state index in [1.165, 1.54) is 18.2 Å². The third-order valence-corrected chi connectivity index (χ3v) is 6.05. The average molecular weight is 487 g/mol. The highest BCUT2D eigenvalue weighted by Gasteiger charge is 2.19. The maximum absolute atomic E-state index is 14.6. The van der Waals surface area contributed by atoms with Crippen molar-refractivity contribution >= 4 is 28.6 Å². The van der Waals surface area contributed by atoms with Crippen molar-refractivity contribution in [2.45, 2.75) is 11.7 Å². The van der Waals surface area contributed by atoms with Crippen molar-refractivity contribution in [2.24, 2.45) is 0 Å². The summed E-state index contributed by atoms with van der Waals surface area (Å²) in [5, 5.41) is 23.0. The first kappa shape index (κ1) is 23.7. The number of nitrogens with zero attached hydrogens (tertiary/aromatic N) is 3. The molecular weight excluding hydrogens is 467 g/mol. The predicted octanol–water partition coefficient (Wildman–Crippen LogP) is 4.27. The van der Waals surface area contributed by atoms with Crippen LogP contribution in [0.5, 0.6) is 0 Å². The first-order chi connectivity index (χ1) is 17.0. The van der Waals surface area contributed by atoms with Crippen LogP contribution in [0.25, 0.3) is 16.6 Å². The minimum Gasteiger partial charge on any atom is -0.510 e. The number of hydrogen-bond donors (Lipinski definition) is 2. The monoisotopic (exact) mass is 486 g/mol. The number of aromatic nitrogens is 2. The van der Waals surface area contributed by atoms with Crippen molar-refractivity contribution in [3.05, 3.63) is 112 Å². The molecule has 0 aliphatic rings. The maximum atomic E-state index is 14.6. The summed E-state index contributed by atoms with van der Waals surface area (Å²) in [4.78, 5) is 30.2. The van der Waals surface area contributed by atoms with E-state index in [-0.39, 0.29) is 23.1 Å². The second kappa shape index (κ2) is 10.7. The van der Waals surface area contributed by atoms with Gasteiger partial charge in [-0.25, -0.2) is 9.37 Å². The van der Waals surface area contributed by atoms with Crippen LogP contribution >= 0.6 is 11.8 Å². The number of nitriles is 1. The van der Waals surface area contributed by atoms with Gasteiger partial charge in [-0.3, -0.25) is 14.2 Å². The average Bonchev–Trinajstić information content (AvgIpc) is 2.88. The summed E-state index contributed by atoms with van der Waals surface area (Å²) in [5.41, 5.74) is 0.308. The summed E-state index contributed by atoms with van der Waals surface area (Å²) < 4.78 is 15.7. The van der Waals surface area contributed by atoms with Crippen LogP contribution in [-0.4, -0.2) is 26.3 Å². The molecule has 35 heavy (non-hydrogen) atoms. The van der Waals surface area contributed by atoms with Gasteiger partial charge in [-0.15, -0.1) is 0 Å². The van der Waals surface area contributed by atoms with Crippen LogP contribution in [0.1, 0.15) is 5.56 Å². The molecule has 0 unspecified atom stereocenters. The van der Waals surface area contributed by atoms with Gasteiger partial charge < -0.3 is 10.4 Å². The number of aliphatic hydroxyl groups excluding tert-OH is 1. The fourth-order valence-corrected chi connectivity index (χ4v) is 4.26. The van der Waals surface area contributed by atoms with E-state index in [4.69, 9.17) is 0 Å². The highest BCUT2D eigenvalue weighted by Crippen LogP contribution is 2.24. The van der Waals surface area contributed by atoms with Gasteiger partial charge >= 0.3 is 0 Å². The number of fused-ring (bicyclic) bond motifs is 1. The Kier molecular flexibility index (Phi) is 7.24. The van der Waals surface area contributed by atoms with E-state index in [0.29, 0.717) is 10.9 Å². The Bertz CT molecular complexity index is 1530. The van der Waals surface area contributed by atoms with Gasteiger partial charge in [0.15, 0.2) is 10.7 Å². The Hall–Kier alpha value is -4.42. The number of thioether (sulfide) groups is 1. The molecule has 1 amide bonds. The third kappa shape index (κ3) is 5.23. The first-order valence-corrected chi connectivity index (χ1v) is 11.5. The molecule has 0 saturated carbocycles. The number of hydrogen-bond acceptors (Lipinski definition) is 6. The van der Waals surface area contributed by atoms with Crippen molar-refractivity contribution in [3.8, 4) is 11.8 Å². The number of amides is 1. The highest BCUT2D eigenvalue weighted by molar-refractivity contribution is 7.99. The Morgan fingerprint density at radius 3 is 2.49 bits per heavy atom. The van der Waals surface area contributed by atoms with Gasteiger partial charge in [0, 0.05) is 6.54 Å². The van der Waals surface area contributed by atoms with Crippen molar-refractivity contribution in [3.63, 3.8) is 0 Å². The molecule has 1 aromatic heterocycles. The normalized spacial score (nSPS) is 11.5. The molecule has 9 heteroatoms. The second-order valence-electron chi connectivity index (χ2n) is 7.39. The van der Waals surface area contributed by atoms with Crippen molar-refractivity contribution in [2.75, 3.05) is 5.75 Å². The molecule has 0 bridgehead atoms. The standard InChI is InChI=1S/C26H19FN4O3S/c27-20-11-5-7-13-22(20)31-25(34)18-10-4-6-12-21(18)30-26(31)35-16-23(32)19(14-28)24(33)29-15-17-8-2-1-3-9-17/h1-13,32H,15-16H2,(H,29,33)/b23-19-. The fraction of sp³-hybridized carbons (Fsp3) is 0.0769. The number of halogens is 1. The maximum Gasteiger partial charge on any atom is 0.266 e. The zero-order chi connectivity index (χ0) is 24.8. The quantitative estimate of drug-likeness (QED) is 0.133. The van der Waals surface area contributed by atoms with Gasteiger partial charge in [0.2, 0.25) is 0 Å². The fourth-order valence-electron chi connectivity index (χ4n) is 3.37. The van der Waals surface area contributed by atoms with Gasteiger partial charge in [-0.2, -0.15) is 5.26 Å². The summed E-state index contributed by atoms with van der Waals surface area (Å²) in [5.74, 6) is -2.06. The summed E-state index contributed by atoms with van der Waals surface area (Å²) in [7, 11) is 0. The molecule has 174 valence electrons. The van der Waals surface area contributed by atoms with Crippen LogP contribution in [0.2, 0.25) is 0 Å². The predicted molar refractivity (Wildman–Crippen MR) is 132 cm³/mol. The Labute approximate surface area is 204 Å². The molecule has 4 aromatic rings. The van der Waals surface area contributed by atoms with Gasteiger partial charge in [-0.05, 0) is 29.8 Å². The Morgan fingerprint density at radius 2 is 1.74 bits per heavy atom. The molecule has 2 N–H and O–H groups in total. The number of carbonyl (C=O) groups is 1. The lowest BCUT2D eigenvalue weighted by atomic mass is 10.2. The molecule has 0 atom stereocenters. The number of carbonyl (C=O) groups excluding carboxylic acids is 1. The summed E-state index contributed by atoms with van der Waals surface area (Å²) in [6.07, 6.45) is 0. The minimum atomic E-state index is -0.729. The smallest absolute Gasteiger partial charge is 0.266 e. The van der Waals surface area contributed by atoms with E-state index in [1.54, 1.807) is 36.4 Å². The first-order valence-electron chi connectivity index (χ1n) is 10.5.